The summed E-state index contributed by atoms with van der Waals surface area (Å²) in [7, 11) is 1.82. The van der Waals surface area contributed by atoms with E-state index >= 15 is 0 Å². The summed E-state index contributed by atoms with van der Waals surface area (Å²) in [6.07, 6.45) is 0.785. The third-order valence-corrected chi connectivity index (χ3v) is 4.35. The van der Waals surface area contributed by atoms with E-state index in [0.29, 0.717) is 11.7 Å². The van der Waals surface area contributed by atoms with Crippen LogP contribution in [0.3, 0.4) is 0 Å². The molecular formula is C21H32N4O. The van der Waals surface area contributed by atoms with E-state index in [1.165, 1.54) is 0 Å². The number of aromatic nitrogens is 2. The fourth-order valence-corrected chi connectivity index (χ4v) is 2.83. The standard InChI is InChI=1S/C21H32N4O/c1-14(2)11-17(22-7)20(26)23-19-13-18(21(4,5)6)24-25(19)16-10-8-9-15(3)12-16/h8-10,12-14,17,22H,11H2,1-7H3,(H,23,26)/t17-/m0/s1. The molecule has 142 valence electrons. The van der Waals surface area contributed by atoms with E-state index in [4.69, 9.17) is 5.10 Å². The van der Waals surface area contributed by atoms with Gasteiger partial charge >= 0.3 is 0 Å². The van der Waals surface area contributed by atoms with Gasteiger partial charge in [0.05, 0.1) is 17.4 Å². The Balaban J connectivity index is 2.40. The van der Waals surface area contributed by atoms with Crippen LogP contribution in [-0.4, -0.2) is 28.8 Å². The minimum absolute atomic E-state index is 0.0320. The lowest BCUT2D eigenvalue weighted by Crippen LogP contribution is -2.39. The number of anilines is 1. The summed E-state index contributed by atoms with van der Waals surface area (Å²) in [6, 6.07) is 9.88. The molecule has 1 aromatic heterocycles. The molecule has 26 heavy (non-hydrogen) atoms. The normalized spacial score (nSPS) is 13.1. The van der Waals surface area contributed by atoms with Crippen molar-refractivity contribution in [1.82, 2.24) is 15.1 Å². The lowest BCUT2D eigenvalue weighted by molar-refractivity contribution is -0.118. The Labute approximate surface area is 157 Å². The molecule has 1 heterocycles. The van der Waals surface area contributed by atoms with Crippen LogP contribution >= 0.6 is 0 Å². The fourth-order valence-electron chi connectivity index (χ4n) is 2.83. The minimum atomic E-state index is -0.228. The van der Waals surface area contributed by atoms with Crippen molar-refractivity contribution in [2.45, 2.75) is 59.4 Å². The topological polar surface area (TPSA) is 59.0 Å². The molecule has 2 N–H and O–H groups in total. The van der Waals surface area contributed by atoms with Crippen molar-refractivity contribution in [2.75, 3.05) is 12.4 Å². The van der Waals surface area contributed by atoms with Crippen molar-refractivity contribution in [3.8, 4) is 5.69 Å². The quantitative estimate of drug-likeness (QED) is 0.821. The number of aryl methyl sites for hydroxylation is 1. The Bertz CT molecular complexity index is 756. The molecule has 1 atom stereocenters. The molecule has 1 amide bonds. The first kappa shape index (κ1) is 20.2. The van der Waals surface area contributed by atoms with Gasteiger partial charge in [0, 0.05) is 11.5 Å². The molecule has 5 nitrogen and oxygen atoms in total. The predicted octanol–water partition coefficient (Wildman–Crippen LogP) is 4.05. The number of likely N-dealkylation sites (N-methyl/N-ethyl adjacent to an activating group) is 1. The molecule has 0 radical (unpaired) electrons. The summed E-state index contributed by atoms with van der Waals surface area (Å²) in [6.45, 7) is 12.7. The number of benzene rings is 1. The van der Waals surface area contributed by atoms with E-state index in [1.54, 1.807) is 0 Å². The molecule has 0 saturated carbocycles. The van der Waals surface area contributed by atoms with Crippen molar-refractivity contribution in [3.05, 3.63) is 41.6 Å². The average Bonchev–Trinajstić information content (AvgIpc) is 2.96. The number of nitrogens with zero attached hydrogens (tertiary/aromatic N) is 2. The maximum absolute atomic E-state index is 12.8. The van der Waals surface area contributed by atoms with Gasteiger partial charge in [0.1, 0.15) is 5.82 Å². The van der Waals surface area contributed by atoms with E-state index in [9.17, 15) is 4.79 Å². The van der Waals surface area contributed by atoms with Gasteiger partial charge in [0.15, 0.2) is 0 Å². The first-order chi connectivity index (χ1) is 12.1. The number of hydrogen-bond donors (Lipinski definition) is 2. The number of amides is 1. The van der Waals surface area contributed by atoms with E-state index in [1.807, 2.05) is 29.9 Å². The summed E-state index contributed by atoms with van der Waals surface area (Å²) in [5, 5.41) is 11.0. The van der Waals surface area contributed by atoms with Crippen molar-refractivity contribution in [1.29, 1.82) is 0 Å². The highest BCUT2D eigenvalue weighted by Gasteiger charge is 2.24. The van der Waals surface area contributed by atoms with Gasteiger partial charge in [0.25, 0.3) is 0 Å². The number of carbonyl (C=O) groups excluding carboxylic acids is 1. The second-order valence-corrected chi connectivity index (χ2v) is 8.38. The molecule has 0 aliphatic heterocycles. The molecule has 0 aliphatic rings. The van der Waals surface area contributed by atoms with Gasteiger partial charge in [-0.1, -0.05) is 46.8 Å². The Morgan fingerprint density at radius 2 is 1.92 bits per heavy atom. The highest BCUT2D eigenvalue weighted by molar-refractivity contribution is 5.94. The first-order valence-corrected chi connectivity index (χ1v) is 9.27. The summed E-state index contributed by atoms with van der Waals surface area (Å²) in [5.41, 5.74) is 2.94. The highest BCUT2D eigenvalue weighted by atomic mass is 16.2. The molecule has 5 heteroatoms. The smallest absolute Gasteiger partial charge is 0.242 e. The number of rotatable bonds is 6. The largest absolute Gasteiger partial charge is 0.309 e. The monoisotopic (exact) mass is 356 g/mol. The SMILES string of the molecule is CN[C@@H](CC(C)C)C(=O)Nc1cc(C(C)(C)C)nn1-c1cccc(C)c1. The number of carbonyl (C=O) groups is 1. The zero-order valence-corrected chi connectivity index (χ0v) is 17.1. The molecule has 0 aliphatic carbocycles. The first-order valence-electron chi connectivity index (χ1n) is 9.27. The molecule has 0 spiro atoms. The zero-order valence-electron chi connectivity index (χ0n) is 17.1. The summed E-state index contributed by atoms with van der Waals surface area (Å²) < 4.78 is 1.83. The van der Waals surface area contributed by atoms with Crippen molar-refractivity contribution >= 4 is 11.7 Å². The van der Waals surface area contributed by atoms with Gasteiger partial charge in [-0.25, -0.2) is 4.68 Å². The Hall–Kier alpha value is -2.14. The zero-order chi connectivity index (χ0) is 19.5. The van der Waals surface area contributed by atoms with Gasteiger partial charge < -0.3 is 10.6 Å². The highest BCUT2D eigenvalue weighted by Crippen LogP contribution is 2.26. The van der Waals surface area contributed by atoms with Crippen LogP contribution in [0.4, 0.5) is 5.82 Å². The van der Waals surface area contributed by atoms with Crippen LogP contribution in [0.5, 0.6) is 0 Å². The van der Waals surface area contributed by atoms with E-state index in [-0.39, 0.29) is 17.4 Å². The van der Waals surface area contributed by atoms with Gasteiger partial charge in [-0.15, -0.1) is 0 Å². The van der Waals surface area contributed by atoms with E-state index in [2.05, 4.69) is 64.3 Å². The molecular weight excluding hydrogens is 324 g/mol. The lowest BCUT2D eigenvalue weighted by atomic mass is 9.92. The molecule has 1 aromatic carbocycles. The average molecular weight is 357 g/mol. The van der Waals surface area contributed by atoms with Crippen LogP contribution in [0, 0.1) is 12.8 Å². The third kappa shape index (κ3) is 4.94. The van der Waals surface area contributed by atoms with Crippen molar-refractivity contribution < 1.29 is 4.79 Å². The fraction of sp³-hybridized carbons (Fsp3) is 0.524. The second-order valence-electron chi connectivity index (χ2n) is 8.38. The number of hydrogen-bond acceptors (Lipinski definition) is 3. The Kier molecular flexibility index (Phi) is 6.24. The van der Waals surface area contributed by atoms with E-state index < -0.39 is 0 Å². The molecule has 0 unspecified atom stereocenters. The van der Waals surface area contributed by atoms with Crippen LogP contribution < -0.4 is 10.6 Å². The predicted molar refractivity (Wildman–Crippen MR) is 108 cm³/mol. The van der Waals surface area contributed by atoms with Gasteiger partial charge in [-0.05, 0) is 44.0 Å². The van der Waals surface area contributed by atoms with Crippen molar-refractivity contribution in [3.63, 3.8) is 0 Å². The Morgan fingerprint density at radius 3 is 2.46 bits per heavy atom. The molecule has 0 saturated heterocycles. The minimum Gasteiger partial charge on any atom is -0.309 e. The molecule has 0 bridgehead atoms. The van der Waals surface area contributed by atoms with Crippen LogP contribution in [0.1, 0.15) is 52.3 Å². The maximum Gasteiger partial charge on any atom is 0.242 e. The molecule has 0 fully saturated rings. The Morgan fingerprint density at radius 1 is 1.23 bits per heavy atom. The van der Waals surface area contributed by atoms with Gasteiger partial charge in [-0.3, -0.25) is 4.79 Å². The van der Waals surface area contributed by atoms with Crippen LogP contribution in [0.15, 0.2) is 30.3 Å². The molecule has 2 aromatic rings. The maximum atomic E-state index is 12.8. The van der Waals surface area contributed by atoms with Crippen LogP contribution in [0.25, 0.3) is 5.69 Å². The second kappa shape index (κ2) is 8.04. The summed E-state index contributed by atoms with van der Waals surface area (Å²) in [5.74, 6) is 1.11. The van der Waals surface area contributed by atoms with Crippen LogP contribution in [0.2, 0.25) is 0 Å². The van der Waals surface area contributed by atoms with Crippen molar-refractivity contribution in [2.24, 2.45) is 5.92 Å². The van der Waals surface area contributed by atoms with Crippen LogP contribution in [-0.2, 0) is 10.2 Å². The number of nitrogens with one attached hydrogen (secondary N) is 2. The van der Waals surface area contributed by atoms with Gasteiger partial charge in [0.2, 0.25) is 5.91 Å². The summed E-state index contributed by atoms with van der Waals surface area (Å²) in [4.78, 5) is 12.8. The van der Waals surface area contributed by atoms with E-state index in [0.717, 1.165) is 23.4 Å². The van der Waals surface area contributed by atoms with Gasteiger partial charge in [-0.2, -0.15) is 5.10 Å². The molecule has 2 rings (SSSR count). The summed E-state index contributed by atoms with van der Waals surface area (Å²) >= 11 is 0. The third-order valence-electron chi connectivity index (χ3n) is 4.35. The lowest BCUT2D eigenvalue weighted by Gasteiger charge is -2.18.